The largest absolute Gasteiger partial charge is 0.497 e. The van der Waals surface area contributed by atoms with E-state index in [1.807, 2.05) is 59.5 Å². The molecule has 6 heteroatoms. The van der Waals surface area contributed by atoms with E-state index in [0.717, 1.165) is 40.5 Å². The number of methoxy groups -OCH3 is 1. The number of benzene rings is 3. The molecule has 0 bridgehead atoms. The van der Waals surface area contributed by atoms with Crippen LogP contribution in [0.1, 0.15) is 30.7 Å². The number of para-hydroxylation sites is 2. The summed E-state index contributed by atoms with van der Waals surface area (Å²) in [4.78, 5) is 19.7. The fraction of sp³-hybridized carbons (Fsp3) is 0.286. The Kier molecular flexibility index (Phi) is 6.21. The minimum absolute atomic E-state index is 0.0193. The molecular formula is C28H29N3O3. The SMILES string of the molecule is CCc1ccc(OCCn2c([C@@H]3CC(=O)N(c4ccc(OC)cc4)C3)nc3ccccc32)cc1. The number of imidazole rings is 1. The molecule has 1 amide bonds. The van der Waals surface area contributed by atoms with Gasteiger partial charge >= 0.3 is 0 Å². The van der Waals surface area contributed by atoms with Crippen LogP contribution < -0.4 is 14.4 Å². The smallest absolute Gasteiger partial charge is 0.227 e. The van der Waals surface area contributed by atoms with Crippen molar-refractivity contribution in [2.75, 3.05) is 25.2 Å². The molecule has 174 valence electrons. The molecule has 4 aromatic rings. The molecule has 1 aliphatic rings. The number of carbonyl (C=O) groups excluding carboxylic acids is 1. The molecule has 0 unspecified atom stereocenters. The Hall–Kier alpha value is -3.80. The quantitative estimate of drug-likeness (QED) is 0.366. The van der Waals surface area contributed by atoms with Gasteiger partial charge < -0.3 is 18.9 Å². The van der Waals surface area contributed by atoms with Gasteiger partial charge in [-0.3, -0.25) is 4.79 Å². The van der Waals surface area contributed by atoms with Crippen molar-refractivity contribution in [1.82, 2.24) is 9.55 Å². The van der Waals surface area contributed by atoms with Crippen molar-refractivity contribution in [3.05, 3.63) is 84.2 Å². The molecular weight excluding hydrogens is 426 g/mol. The molecule has 5 rings (SSSR count). The van der Waals surface area contributed by atoms with E-state index in [4.69, 9.17) is 14.5 Å². The second kappa shape index (κ2) is 9.59. The first kappa shape index (κ1) is 22.0. The minimum atomic E-state index is 0.0193. The Balaban J connectivity index is 1.36. The summed E-state index contributed by atoms with van der Waals surface area (Å²) in [5.41, 5.74) is 4.19. The van der Waals surface area contributed by atoms with Gasteiger partial charge in [0.25, 0.3) is 0 Å². The Morgan fingerprint density at radius 1 is 0.971 bits per heavy atom. The van der Waals surface area contributed by atoms with Gasteiger partial charge in [-0.15, -0.1) is 0 Å². The van der Waals surface area contributed by atoms with Crippen LogP contribution in [-0.4, -0.2) is 35.7 Å². The zero-order valence-corrected chi connectivity index (χ0v) is 19.6. The highest BCUT2D eigenvalue weighted by Gasteiger charge is 2.34. The average molecular weight is 456 g/mol. The van der Waals surface area contributed by atoms with E-state index in [9.17, 15) is 4.79 Å². The summed E-state index contributed by atoms with van der Waals surface area (Å²) in [5, 5.41) is 0. The molecule has 3 aromatic carbocycles. The van der Waals surface area contributed by atoms with Crippen molar-refractivity contribution in [3.63, 3.8) is 0 Å². The van der Waals surface area contributed by atoms with Crippen LogP contribution in [0, 0.1) is 0 Å². The number of fused-ring (bicyclic) bond motifs is 1. The topological polar surface area (TPSA) is 56.6 Å². The number of carbonyl (C=O) groups is 1. The van der Waals surface area contributed by atoms with E-state index in [2.05, 4.69) is 29.7 Å². The summed E-state index contributed by atoms with van der Waals surface area (Å²) in [6, 6.07) is 24.0. The van der Waals surface area contributed by atoms with Gasteiger partial charge in [-0.1, -0.05) is 31.2 Å². The van der Waals surface area contributed by atoms with Crippen LogP contribution >= 0.6 is 0 Å². The third kappa shape index (κ3) is 4.36. The van der Waals surface area contributed by atoms with E-state index in [-0.39, 0.29) is 11.8 Å². The maximum atomic E-state index is 12.9. The highest BCUT2D eigenvalue weighted by molar-refractivity contribution is 5.96. The minimum Gasteiger partial charge on any atom is -0.497 e. The molecule has 0 spiro atoms. The van der Waals surface area contributed by atoms with Gasteiger partial charge in [0.2, 0.25) is 5.91 Å². The van der Waals surface area contributed by atoms with Crippen molar-refractivity contribution < 1.29 is 14.3 Å². The number of rotatable bonds is 8. The zero-order chi connectivity index (χ0) is 23.5. The Labute approximate surface area is 199 Å². The predicted octanol–water partition coefficient (Wildman–Crippen LogP) is 5.21. The van der Waals surface area contributed by atoms with E-state index in [1.165, 1.54) is 5.56 Å². The summed E-state index contributed by atoms with van der Waals surface area (Å²) in [5.74, 6) is 2.71. The molecule has 0 N–H and O–H groups in total. The number of aryl methyl sites for hydroxylation is 1. The van der Waals surface area contributed by atoms with Crippen molar-refractivity contribution in [2.45, 2.75) is 32.2 Å². The molecule has 1 aromatic heterocycles. The summed E-state index contributed by atoms with van der Waals surface area (Å²) >= 11 is 0. The third-order valence-corrected chi connectivity index (χ3v) is 6.47. The first-order chi connectivity index (χ1) is 16.7. The van der Waals surface area contributed by atoms with E-state index in [0.29, 0.717) is 26.1 Å². The van der Waals surface area contributed by atoms with Crippen LogP contribution in [-0.2, 0) is 17.8 Å². The van der Waals surface area contributed by atoms with Gasteiger partial charge in [-0.2, -0.15) is 0 Å². The van der Waals surface area contributed by atoms with E-state index < -0.39 is 0 Å². The van der Waals surface area contributed by atoms with Gasteiger partial charge in [0.15, 0.2) is 0 Å². The molecule has 1 saturated heterocycles. The average Bonchev–Trinajstić information content (AvgIpc) is 3.45. The second-order valence-corrected chi connectivity index (χ2v) is 8.56. The fourth-order valence-corrected chi connectivity index (χ4v) is 4.61. The number of hydrogen-bond donors (Lipinski definition) is 0. The third-order valence-electron chi connectivity index (χ3n) is 6.47. The molecule has 0 saturated carbocycles. The Bertz CT molecular complexity index is 1280. The van der Waals surface area contributed by atoms with Gasteiger partial charge in [0.1, 0.15) is 23.9 Å². The maximum Gasteiger partial charge on any atom is 0.227 e. The molecule has 0 radical (unpaired) electrons. The van der Waals surface area contributed by atoms with Crippen LogP contribution in [0.15, 0.2) is 72.8 Å². The standard InChI is InChI=1S/C28H29N3O3/c1-3-20-8-12-24(13-9-20)34-17-16-30-26-7-5-4-6-25(26)29-28(30)21-18-27(32)31(19-21)22-10-14-23(33-2)15-11-22/h4-15,21H,3,16-19H2,1-2H3/t21-/m1/s1. The predicted molar refractivity (Wildman–Crippen MR) is 134 cm³/mol. The molecule has 2 heterocycles. The first-order valence-corrected chi connectivity index (χ1v) is 11.8. The van der Waals surface area contributed by atoms with Gasteiger partial charge in [0, 0.05) is 24.6 Å². The first-order valence-electron chi connectivity index (χ1n) is 11.8. The highest BCUT2D eigenvalue weighted by atomic mass is 16.5. The number of hydrogen-bond acceptors (Lipinski definition) is 4. The number of anilines is 1. The van der Waals surface area contributed by atoms with Crippen LogP contribution in [0.4, 0.5) is 5.69 Å². The zero-order valence-electron chi connectivity index (χ0n) is 19.6. The molecule has 6 nitrogen and oxygen atoms in total. The summed E-state index contributed by atoms with van der Waals surface area (Å²) < 4.78 is 13.5. The van der Waals surface area contributed by atoms with Gasteiger partial charge in [-0.25, -0.2) is 4.98 Å². The van der Waals surface area contributed by atoms with E-state index in [1.54, 1.807) is 7.11 Å². The summed E-state index contributed by atoms with van der Waals surface area (Å²) in [6.45, 7) is 3.94. The van der Waals surface area contributed by atoms with Crippen LogP contribution in [0.5, 0.6) is 11.5 Å². The molecule has 1 atom stereocenters. The normalized spacial score (nSPS) is 15.8. The summed E-state index contributed by atoms with van der Waals surface area (Å²) in [7, 11) is 1.64. The summed E-state index contributed by atoms with van der Waals surface area (Å²) in [6.07, 6.45) is 1.45. The molecule has 1 fully saturated rings. The number of ether oxygens (including phenoxy) is 2. The van der Waals surface area contributed by atoms with Crippen LogP contribution in [0.2, 0.25) is 0 Å². The second-order valence-electron chi connectivity index (χ2n) is 8.56. The Morgan fingerprint density at radius 3 is 2.44 bits per heavy atom. The highest BCUT2D eigenvalue weighted by Crippen LogP contribution is 2.33. The lowest BCUT2D eigenvalue weighted by atomic mass is 10.1. The lowest BCUT2D eigenvalue weighted by Crippen LogP contribution is -2.24. The van der Waals surface area contributed by atoms with E-state index >= 15 is 0 Å². The van der Waals surface area contributed by atoms with Crippen molar-refractivity contribution >= 4 is 22.6 Å². The number of amides is 1. The number of nitrogens with zero attached hydrogens (tertiary/aromatic N) is 3. The maximum absolute atomic E-state index is 12.9. The van der Waals surface area contributed by atoms with Crippen molar-refractivity contribution in [3.8, 4) is 11.5 Å². The lowest BCUT2D eigenvalue weighted by Gasteiger charge is -2.18. The molecule has 34 heavy (non-hydrogen) atoms. The molecule has 0 aliphatic carbocycles. The lowest BCUT2D eigenvalue weighted by molar-refractivity contribution is -0.117. The van der Waals surface area contributed by atoms with Gasteiger partial charge in [0.05, 0.1) is 24.7 Å². The van der Waals surface area contributed by atoms with Crippen molar-refractivity contribution in [1.29, 1.82) is 0 Å². The Morgan fingerprint density at radius 2 is 1.71 bits per heavy atom. The van der Waals surface area contributed by atoms with Crippen LogP contribution in [0.3, 0.4) is 0 Å². The number of aromatic nitrogens is 2. The van der Waals surface area contributed by atoms with Gasteiger partial charge in [-0.05, 0) is 60.5 Å². The van der Waals surface area contributed by atoms with Crippen LogP contribution in [0.25, 0.3) is 11.0 Å². The van der Waals surface area contributed by atoms with Crippen molar-refractivity contribution in [2.24, 2.45) is 0 Å². The monoisotopic (exact) mass is 455 g/mol. The molecule has 1 aliphatic heterocycles. The fourth-order valence-electron chi connectivity index (χ4n) is 4.61.